The molecule has 0 fully saturated rings. The number of benzene rings is 1. The smallest absolute Gasteiger partial charge is 0.244 e. The Bertz CT molecular complexity index is 889. The summed E-state index contributed by atoms with van der Waals surface area (Å²) in [5.74, 6) is -0.244. The molecule has 0 saturated carbocycles. The van der Waals surface area contributed by atoms with Gasteiger partial charge in [-0.3, -0.25) is 9.78 Å². The van der Waals surface area contributed by atoms with Crippen molar-refractivity contribution < 1.29 is 13.2 Å². The van der Waals surface area contributed by atoms with Gasteiger partial charge in [0, 0.05) is 17.8 Å². The van der Waals surface area contributed by atoms with Crippen LogP contribution in [0, 0.1) is 6.92 Å². The van der Waals surface area contributed by atoms with Crippen LogP contribution in [0.5, 0.6) is 0 Å². The van der Waals surface area contributed by atoms with E-state index >= 15 is 0 Å². The molecule has 0 radical (unpaired) electrons. The largest absolute Gasteiger partial charge is 0.347 e. The average molecular weight is 373 g/mol. The molecule has 2 aromatic rings. The first kappa shape index (κ1) is 19.8. The number of rotatable bonds is 7. The van der Waals surface area contributed by atoms with Crippen molar-refractivity contribution in [2.75, 3.05) is 0 Å². The van der Waals surface area contributed by atoms with Gasteiger partial charge in [0.05, 0.1) is 17.1 Å². The standard InChI is InChI=1S/C19H23N3O3S/c1-14(2)22-26(24,25)18-10-7-16(8-11-18)9-12-19(23)20-13-17-6-4-5-15(3)21-17/h4-12,14,22H,13H2,1-3H3,(H,20,23)/b12-9+. The van der Waals surface area contributed by atoms with Gasteiger partial charge in [-0.1, -0.05) is 18.2 Å². The van der Waals surface area contributed by atoms with Crippen molar-refractivity contribution in [3.63, 3.8) is 0 Å². The Labute approximate surface area is 154 Å². The molecule has 26 heavy (non-hydrogen) atoms. The molecule has 0 saturated heterocycles. The van der Waals surface area contributed by atoms with Crippen LogP contribution in [0.25, 0.3) is 6.08 Å². The van der Waals surface area contributed by atoms with Crippen LogP contribution in [0.1, 0.15) is 30.8 Å². The molecule has 1 amide bonds. The summed E-state index contributed by atoms with van der Waals surface area (Å²) < 4.78 is 26.7. The van der Waals surface area contributed by atoms with Gasteiger partial charge in [-0.05, 0) is 56.7 Å². The lowest BCUT2D eigenvalue weighted by Gasteiger charge is -2.09. The molecule has 1 heterocycles. The first-order valence-corrected chi connectivity index (χ1v) is 9.75. The number of sulfonamides is 1. The third kappa shape index (κ3) is 6.09. The summed E-state index contributed by atoms with van der Waals surface area (Å²) in [5, 5.41) is 2.76. The van der Waals surface area contributed by atoms with E-state index in [4.69, 9.17) is 0 Å². The number of carbonyl (C=O) groups is 1. The van der Waals surface area contributed by atoms with Crippen LogP contribution < -0.4 is 10.0 Å². The van der Waals surface area contributed by atoms with E-state index in [9.17, 15) is 13.2 Å². The SMILES string of the molecule is Cc1cccc(CNC(=O)/C=C/c2ccc(S(=O)(=O)NC(C)C)cc2)n1. The highest BCUT2D eigenvalue weighted by atomic mass is 32.2. The van der Waals surface area contributed by atoms with Crippen LogP contribution in [0.15, 0.2) is 53.4 Å². The number of carbonyl (C=O) groups excluding carboxylic acids is 1. The molecular weight excluding hydrogens is 350 g/mol. The van der Waals surface area contributed by atoms with Gasteiger partial charge in [-0.15, -0.1) is 0 Å². The fourth-order valence-electron chi connectivity index (χ4n) is 2.24. The average Bonchev–Trinajstić information content (AvgIpc) is 2.57. The van der Waals surface area contributed by atoms with E-state index in [1.54, 1.807) is 32.1 Å². The Morgan fingerprint density at radius 2 is 1.85 bits per heavy atom. The summed E-state index contributed by atoms with van der Waals surface area (Å²) in [6, 6.07) is 11.8. The van der Waals surface area contributed by atoms with Crippen molar-refractivity contribution in [2.45, 2.75) is 38.3 Å². The molecule has 1 aromatic carbocycles. The molecule has 0 bridgehead atoms. The van der Waals surface area contributed by atoms with Crippen molar-refractivity contribution in [1.82, 2.24) is 15.0 Å². The van der Waals surface area contributed by atoms with Gasteiger partial charge in [-0.25, -0.2) is 13.1 Å². The molecule has 0 spiro atoms. The van der Waals surface area contributed by atoms with Crippen molar-refractivity contribution in [3.8, 4) is 0 Å². The lowest BCUT2D eigenvalue weighted by atomic mass is 10.2. The highest BCUT2D eigenvalue weighted by Gasteiger charge is 2.14. The molecule has 0 aliphatic rings. The third-order valence-corrected chi connectivity index (χ3v) is 5.07. The number of nitrogens with zero attached hydrogens (tertiary/aromatic N) is 1. The minimum absolute atomic E-state index is 0.175. The van der Waals surface area contributed by atoms with Crippen LogP contribution in [0.3, 0.4) is 0 Å². The molecule has 6 nitrogen and oxygen atoms in total. The van der Waals surface area contributed by atoms with Crippen LogP contribution in [-0.4, -0.2) is 25.4 Å². The van der Waals surface area contributed by atoms with Gasteiger partial charge in [-0.2, -0.15) is 0 Å². The number of pyridine rings is 1. The van der Waals surface area contributed by atoms with Crippen LogP contribution >= 0.6 is 0 Å². The summed E-state index contributed by atoms with van der Waals surface area (Å²) in [5.41, 5.74) is 2.42. The Morgan fingerprint density at radius 1 is 1.15 bits per heavy atom. The summed E-state index contributed by atoms with van der Waals surface area (Å²) in [7, 11) is -3.51. The monoisotopic (exact) mass is 373 g/mol. The maximum Gasteiger partial charge on any atom is 0.244 e. The zero-order valence-electron chi connectivity index (χ0n) is 15.1. The second-order valence-electron chi connectivity index (χ2n) is 6.17. The number of hydrogen-bond acceptors (Lipinski definition) is 4. The van der Waals surface area contributed by atoms with Gasteiger partial charge >= 0.3 is 0 Å². The zero-order chi connectivity index (χ0) is 19.2. The van der Waals surface area contributed by atoms with E-state index in [0.29, 0.717) is 6.54 Å². The predicted octanol–water partition coefficient (Wildman–Crippen LogP) is 2.41. The lowest BCUT2D eigenvalue weighted by Crippen LogP contribution is -2.30. The van der Waals surface area contributed by atoms with Crippen LogP contribution in [0.4, 0.5) is 0 Å². The highest BCUT2D eigenvalue weighted by molar-refractivity contribution is 7.89. The van der Waals surface area contributed by atoms with Crippen molar-refractivity contribution in [3.05, 3.63) is 65.5 Å². The number of aromatic nitrogens is 1. The Kier molecular flexibility index (Phi) is 6.65. The van der Waals surface area contributed by atoms with E-state index in [0.717, 1.165) is 17.0 Å². The molecular formula is C19H23N3O3S. The zero-order valence-corrected chi connectivity index (χ0v) is 15.9. The van der Waals surface area contributed by atoms with E-state index in [-0.39, 0.29) is 16.8 Å². The van der Waals surface area contributed by atoms with Crippen molar-refractivity contribution in [2.24, 2.45) is 0 Å². The molecule has 7 heteroatoms. The maximum absolute atomic E-state index is 12.1. The molecule has 0 unspecified atom stereocenters. The third-order valence-electron chi connectivity index (χ3n) is 3.40. The number of hydrogen-bond donors (Lipinski definition) is 2. The molecule has 0 atom stereocenters. The Morgan fingerprint density at radius 3 is 2.46 bits per heavy atom. The minimum Gasteiger partial charge on any atom is -0.347 e. The maximum atomic E-state index is 12.1. The first-order valence-electron chi connectivity index (χ1n) is 8.27. The van der Waals surface area contributed by atoms with E-state index in [2.05, 4.69) is 15.0 Å². The lowest BCUT2D eigenvalue weighted by molar-refractivity contribution is -0.116. The van der Waals surface area contributed by atoms with Gasteiger partial charge < -0.3 is 5.32 Å². The fraction of sp³-hybridized carbons (Fsp3) is 0.263. The normalized spacial score (nSPS) is 11.8. The minimum atomic E-state index is -3.51. The Hall–Kier alpha value is -2.51. The summed E-state index contributed by atoms with van der Waals surface area (Å²) in [4.78, 5) is 16.4. The molecule has 0 aliphatic heterocycles. The van der Waals surface area contributed by atoms with Crippen molar-refractivity contribution >= 4 is 22.0 Å². The molecule has 2 rings (SSSR count). The molecule has 0 aliphatic carbocycles. The topological polar surface area (TPSA) is 88.2 Å². The second-order valence-corrected chi connectivity index (χ2v) is 7.88. The Balaban J connectivity index is 1.94. The molecule has 2 N–H and O–H groups in total. The van der Waals surface area contributed by atoms with Gasteiger partial charge in [0.1, 0.15) is 0 Å². The van der Waals surface area contributed by atoms with Crippen LogP contribution in [0.2, 0.25) is 0 Å². The second kappa shape index (κ2) is 8.73. The van der Waals surface area contributed by atoms with Gasteiger partial charge in [0.2, 0.25) is 15.9 Å². The van der Waals surface area contributed by atoms with Crippen molar-refractivity contribution in [1.29, 1.82) is 0 Å². The summed E-state index contributed by atoms with van der Waals surface area (Å²) in [6.45, 7) is 5.77. The number of aryl methyl sites for hydroxylation is 1. The molecule has 138 valence electrons. The van der Waals surface area contributed by atoms with Crippen LogP contribution in [-0.2, 0) is 21.4 Å². The van der Waals surface area contributed by atoms with Gasteiger partial charge in [0.25, 0.3) is 0 Å². The highest BCUT2D eigenvalue weighted by Crippen LogP contribution is 2.12. The van der Waals surface area contributed by atoms with Gasteiger partial charge in [0.15, 0.2) is 0 Å². The van der Waals surface area contributed by atoms with E-state index < -0.39 is 10.0 Å². The van der Waals surface area contributed by atoms with E-state index in [1.165, 1.54) is 18.2 Å². The summed E-state index contributed by atoms with van der Waals surface area (Å²) >= 11 is 0. The van der Waals surface area contributed by atoms with E-state index in [1.807, 2.05) is 25.1 Å². The number of nitrogens with one attached hydrogen (secondary N) is 2. The molecule has 1 aromatic heterocycles. The number of amides is 1. The quantitative estimate of drug-likeness (QED) is 0.730. The predicted molar refractivity (Wildman–Crippen MR) is 102 cm³/mol. The fourth-order valence-corrected chi connectivity index (χ4v) is 3.49. The first-order chi connectivity index (χ1) is 12.3. The summed E-state index contributed by atoms with van der Waals surface area (Å²) in [6.07, 6.45) is 3.04.